The van der Waals surface area contributed by atoms with Crippen molar-refractivity contribution in [3.05, 3.63) is 0 Å². The van der Waals surface area contributed by atoms with Gasteiger partial charge in [0.2, 0.25) is 5.91 Å². The summed E-state index contributed by atoms with van der Waals surface area (Å²) >= 11 is 0. The highest BCUT2D eigenvalue weighted by molar-refractivity contribution is 5.81. The first-order valence-corrected chi connectivity index (χ1v) is 7.87. The molecule has 0 saturated heterocycles. The molecule has 0 aromatic rings. The van der Waals surface area contributed by atoms with E-state index in [1.807, 2.05) is 13.8 Å². The average Bonchev–Trinajstić information content (AvgIpc) is 2.37. The van der Waals surface area contributed by atoms with Crippen molar-refractivity contribution >= 4 is 5.91 Å². The Bertz CT molecular complexity index is 284. The normalized spacial score (nSPS) is 29.6. The van der Waals surface area contributed by atoms with Crippen molar-refractivity contribution in [1.29, 1.82) is 0 Å². The number of amides is 1. The second-order valence-electron chi connectivity index (χ2n) is 5.98. The lowest BCUT2D eigenvalue weighted by Crippen LogP contribution is -2.54. The van der Waals surface area contributed by atoms with E-state index in [9.17, 15) is 4.79 Å². The van der Waals surface area contributed by atoms with Crippen LogP contribution in [0.1, 0.15) is 58.8 Å². The summed E-state index contributed by atoms with van der Waals surface area (Å²) in [6, 6.07) is 0.765. The first-order valence-electron chi connectivity index (χ1n) is 7.87. The molecule has 1 amide bonds. The maximum atomic E-state index is 12.1. The maximum absolute atomic E-state index is 12.1. The Morgan fingerprint density at radius 3 is 2.53 bits per heavy atom. The van der Waals surface area contributed by atoms with Gasteiger partial charge in [-0.2, -0.15) is 0 Å². The molecular weight excluding hydrogens is 240 g/mol. The third kappa shape index (κ3) is 4.46. The third-order valence-electron chi connectivity index (χ3n) is 4.33. The Morgan fingerprint density at radius 1 is 1.21 bits per heavy atom. The summed E-state index contributed by atoms with van der Waals surface area (Å²) < 4.78 is 5.53. The Balaban J connectivity index is 1.62. The van der Waals surface area contributed by atoms with Crippen LogP contribution in [0.4, 0.5) is 0 Å². The largest absolute Gasteiger partial charge is 0.378 e. The Kier molecular flexibility index (Phi) is 5.64. The van der Waals surface area contributed by atoms with Gasteiger partial charge in [0.25, 0.3) is 0 Å². The van der Waals surface area contributed by atoms with Crippen LogP contribution < -0.4 is 10.6 Å². The van der Waals surface area contributed by atoms with Gasteiger partial charge >= 0.3 is 0 Å². The molecule has 0 aromatic carbocycles. The van der Waals surface area contributed by atoms with Crippen LogP contribution >= 0.6 is 0 Å². The zero-order chi connectivity index (χ0) is 13.7. The van der Waals surface area contributed by atoms with Crippen LogP contribution in [0, 0.1) is 0 Å². The lowest BCUT2D eigenvalue weighted by molar-refractivity contribution is -0.124. The van der Waals surface area contributed by atoms with Gasteiger partial charge in [-0.05, 0) is 39.5 Å². The van der Waals surface area contributed by atoms with Crippen molar-refractivity contribution in [3.63, 3.8) is 0 Å². The zero-order valence-electron chi connectivity index (χ0n) is 12.3. The van der Waals surface area contributed by atoms with Crippen LogP contribution in [0.2, 0.25) is 0 Å². The smallest absolute Gasteiger partial charge is 0.237 e. The summed E-state index contributed by atoms with van der Waals surface area (Å²) in [7, 11) is 0. The molecule has 1 atom stereocenters. The SMILES string of the molecule is CCOC1CC(NC(C)C(=O)NC2CCCCC2)C1. The van der Waals surface area contributed by atoms with Crippen molar-refractivity contribution in [1.82, 2.24) is 10.6 Å². The first-order chi connectivity index (χ1) is 9.19. The molecule has 2 fully saturated rings. The van der Waals surface area contributed by atoms with Crippen molar-refractivity contribution in [3.8, 4) is 0 Å². The quantitative estimate of drug-likeness (QED) is 0.774. The molecule has 0 heterocycles. The van der Waals surface area contributed by atoms with Crippen LogP contribution in [0.5, 0.6) is 0 Å². The van der Waals surface area contributed by atoms with E-state index in [0.29, 0.717) is 18.2 Å². The molecule has 0 aliphatic heterocycles. The molecule has 4 heteroatoms. The lowest BCUT2D eigenvalue weighted by Gasteiger charge is -2.37. The molecule has 0 aromatic heterocycles. The van der Waals surface area contributed by atoms with Crippen molar-refractivity contribution in [2.75, 3.05) is 6.61 Å². The van der Waals surface area contributed by atoms with Crippen molar-refractivity contribution in [2.45, 2.75) is 83.0 Å². The summed E-state index contributed by atoms with van der Waals surface area (Å²) in [4.78, 5) is 12.1. The molecule has 2 saturated carbocycles. The standard InChI is InChI=1S/C15H28N2O2/c1-3-19-14-9-13(10-14)16-11(2)15(18)17-12-7-5-4-6-8-12/h11-14,16H,3-10H2,1-2H3,(H,17,18). The molecule has 19 heavy (non-hydrogen) atoms. The number of rotatable bonds is 6. The van der Waals surface area contributed by atoms with E-state index in [1.54, 1.807) is 0 Å². The van der Waals surface area contributed by atoms with Gasteiger partial charge in [0.15, 0.2) is 0 Å². The minimum Gasteiger partial charge on any atom is -0.378 e. The van der Waals surface area contributed by atoms with Gasteiger partial charge in [-0.3, -0.25) is 4.79 Å². The van der Waals surface area contributed by atoms with Crippen molar-refractivity contribution in [2.24, 2.45) is 0 Å². The fourth-order valence-electron chi connectivity index (χ4n) is 3.08. The van der Waals surface area contributed by atoms with E-state index >= 15 is 0 Å². The Hall–Kier alpha value is -0.610. The van der Waals surface area contributed by atoms with Gasteiger partial charge in [0.1, 0.15) is 0 Å². The zero-order valence-corrected chi connectivity index (χ0v) is 12.3. The molecule has 4 nitrogen and oxygen atoms in total. The highest BCUT2D eigenvalue weighted by Crippen LogP contribution is 2.23. The van der Waals surface area contributed by atoms with Crippen molar-refractivity contribution < 1.29 is 9.53 Å². The van der Waals surface area contributed by atoms with Gasteiger partial charge in [0, 0.05) is 18.7 Å². The van der Waals surface area contributed by atoms with Gasteiger partial charge < -0.3 is 15.4 Å². The van der Waals surface area contributed by atoms with E-state index in [2.05, 4.69) is 10.6 Å². The van der Waals surface area contributed by atoms with E-state index in [4.69, 9.17) is 4.74 Å². The van der Waals surface area contributed by atoms with Gasteiger partial charge in [-0.1, -0.05) is 19.3 Å². The summed E-state index contributed by atoms with van der Waals surface area (Å²) in [5.41, 5.74) is 0. The molecular formula is C15H28N2O2. The van der Waals surface area contributed by atoms with E-state index in [1.165, 1.54) is 19.3 Å². The molecule has 2 aliphatic rings. The topological polar surface area (TPSA) is 50.4 Å². The van der Waals surface area contributed by atoms with E-state index in [-0.39, 0.29) is 11.9 Å². The maximum Gasteiger partial charge on any atom is 0.237 e. The molecule has 2 rings (SSSR count). The second-order valence-corrected chi connectivity index (χ2v) is 5.98. The number of carbonyl (C=O) groups is 1. The minimum atomic E-state index is -0.0884. The Labute approximate surface area is 116 Å². The number of nitrogens with one attached hydrogen (secondary N) is 2. The molecule has 1 unspecified atom stereocenters. The average molecular weight is 268 g/mol. The highest BCUT2D eigenvalue weighted by Gasteiger charge is 2.31. The van der Waals surface area contributed by atoms with Crippen LogP contribution in [0.15, 0.2) is 0 Å². The van der Waals surface area contributed by atoms with Crippen LogP contribution in [-0.2, 0) is 9.53 Å². The lowest BCUT2D eigenvalue weighted by atomic mass is 9.88. The van der Waals surface area contributed by atoms with E-state index in [0.717, 1.165) is 32.3 Å². The Morgan fingerprint density at radius 2 is 1.89 bits per heavy atom. The van der Waals surface area contributed by atoms with Gasteiger partial charge in [-0.25, -0.2) is 0 Å². The number of hydrogen-bond donors (Lipinski definition) is 2. The van der Waals surface area contributed by atoms with Crippen LogP contribution in [-0.4, -0.2) is 36.7 Å². The summed E-state index contributed by atoms with van der Waals surface area (Å²) in [6.45, 7) is 4.78. The fourth-order valence-corrected chi connectivity index (χ4v) is 3.08. The van der Waals surface area contributed by atoms with Crippen LogP contribution in [0.25, 0.3) is 0 Å². The minimum absolute atomic E-state index is 0.0884. The molecule has 110 valence electrons. The third-order valence-corrected chi connectivity index (χ3v) is 4.33. The first kappa shape index (κ1) is 14.8. The summed E-state index contributed by atoms with van der Waals surface area (Å²) in [6.07, 6.45) is 8.60. The predicted octanol–water partition coefficient (Wildman–Crippen LogP) is 1.98. The predicted molar refractivity (Wildman–Crippen MR) is 76.0 cm³/mol. The molecule has 0 bridgehead atoms. The molecule has 2 N–H and O–H groups in total. The van der Waals surface area contributed by atoms with Crippen LogP contribution in [0.3, 0.4) is 0 Å². The monoisotopic (exact) mass is 268 g/mol. The van der Waals surface area contributed by atoms with E-state index < -0.39 is 0 Å². The summed E-state index contributed by atoms with van der Waals surface area (Å²) in [5, 5.41) is 6.58. The van der Waals surface area contributed by atoms with Gasteiger partial charge in [-0.15, -0.1) is 0 Å². The molecule has 0 radical (unpaired) electrons. The molecule has 2 aliphatic carbocycles. The highest BCUT2D eigenvalue weighted by atomic mass is 16.5. The summed E-state index contributed by atoms with van der Waals surface area (Å²) in [5.74, 6) is 0.159. The van der Waals surface area contributed by atoms with Gasteiger partial charge in [0.05, 0.1) is 12.1 Å². The second kappa shape index (κ2) is 7.25. The number of hydrogen-bond acceptors (Lipinski definition) is 3. The number of carbonyl (C=O) groups excluding carboxylic acids is 1. The fraction of sp³-hybridized carbons (Fsp3) is 0.933. The number of ether oxygens (including phenoxy) is 1. The molecule has 0 spiro atoms.